The number of carboxylic acid groups (broad SMARTS) is 1. The summed E-state index contributed by atoms with van der Waals surface area (Å²) in [6, 6.07) is 0.926. The molecule has 0 fully saturated rings. The third-order valence-corrected chi connectivity index (χ3v) is 2.59. The number of carbonyl (C=O) groups is 1. The van der Waals surface area contributed by atoms with Crippen LogP contribution in [0.2, 0.25) is 0 Å². The minimum Gasteiger partial charge on any atom is -0.478 e. The van der Waals surface area contributed by atoms with Crippen molar-refractivity contribution < 1.29 is 24.3 Å². The number of aromatic carboxylic acids is 1. The number of hydrogen-bond donors (Lipinski definition) is 3. The van der Waals surface area contributed by atoms with E-state index in [1.54, 1.807) is 6.92 Å². The van der Waals surface area contributed by atoms with Crippen molar-refractivity contribution in [2.24, 2.45) is 0 Å². The molecule has 0 aliphatic carbocycles. The molecule has 8 heteroatoms. The fourth-order valence-electron chi connectivity index (χ4n) is 1.49. The van der Waals surface area contributed by atoms with E-state index in [4.69, 9.17) is 10.2 Å². The second kappa shape index (κ2) is 6.10. The number of benzene rings is 1. The van der Waals surface area contributed by atoms with Gasteiger partial charge in [-0.15, -0.1) is 0 Å². The maximum Gasteiger partial charge on any atom is 0.338 e. The van der Waals surface area contributed by atoms with E-state index in [0.717, 1.165) is 6.07 Å². The highest BCUT2D eigenvalue weighted by Crippen LogP contribution is 2.28. The summed E-state index contributed by atoms with van der Waals surface area (Å²) < 4.78 is 13.4. The van der Waals surface area contributed by atoms with Crippen molar-refractivity contribution in [3.05, 3.63) is 33.6 Å². The summed E-state index contributed by atoms with van der Waals surface area (Å²) in [5.41, 5.74) is -1.38. The smallest absolute Gasteiger partial charge is 0.338 e. The molecule has 0 saturated heterocycles. The fraction of sp³-hybridized carbons (Fsp3) is 0.364. The van der Waals surface area contributed by atoms with Crippen LogP contribution in [0.3, 0.4) is 0 Å². The van der Waals surface area contributed by atoms with E-state index in [1.807, 2.05) is 0 Å². The Kier molecular flexibility index (Phi) is 4.76. The molecule has 1 unspecified atom stereocenters. The molecule has 1 atom stereocenters. The first-order valence-electron chi connectivity index (χ1n) is 5.49. The van der Waals surface area contributed by atoms with Crippen molar-refractivity contribution in [2.45, 2.75) is 19.4 Å². The number of nitrogens with one attached hydrogen (secondary N) is 1. The molecule has 0 spiro atoms. The zero-order chi connectivity index (χ0) is 14.6. The number of aliphatic hydroxyl groups excluding tert-OH is 1. The number of aliphatic hydroxyl groups is 1. The van der Waals surface area contributed by atoms with E-state index in [2.05, 4.69) is 5.32 Å². The Bertz CT molecular complexity index is 502. The lowest BCUT2D eigenvalue weighted by molar-refractivity contribution is -0.384. The van der Waals surface area contributed by atoms with E-state index >= 15 is 0 Å². The van der Waals surface area contributed by atoms with Crippen LogP contribution in [0.25, 0.3) is 0 Å². The first-order chi connectivity index (χ1) is 8.90. The molecule has 1 aromatic carbocycles. The van der Waals surface area contributed by atoms with Gasteiger partial charge >= 0.3 is 5.97 Å². The van der Waals surface area contributed by atoms with Crippen molar-refractivity contribution in [1.29, 1.82) is 0 Å². The molecule has 0 aliphatic rings. The zero-order valence-electron chi connectivity index (χ0n) is 10.1. The molecule has 0 amide bonds. The predicted octanol–water partition coefficient (Wildman–Crippen LogP) is 1.61. The van der Waals surface area contributed by atoms with Crippen LogP contribution >= 0.6 is 0 Å². The molecule has 0 aliphatic heterocycles. The van der Waals surface area contributed by atoms with Crippen LogP contribution in [0, 0.1) is 15.9 Å². The monoisotopic (exact) mass is 272 g/mol. The average molecular weight is 272 g/mol. The van der Waals surface area contributed by atoms with Gasteiger partial charge in [0.2, 0.25) is 0 Å². The van der Waals surface area contributed by atoms with Gasteiger partial charge in [0.15, 0.2) is 0 Å². The van der Waals surface area contributed by atoms with Gasteiger partial charge in [-0.2, -0.15) is 0 Å². The van der Waals surface area contributed by atoms with E-state index in [0.29, 0.717) is 12.5 Å². The van der Waals surface area contributed by atoms with Crippen LogP contribution in [-0.2, 0) is 0 Å². The Morgan fingerprint density at radius 2 is 2.21 bits per heavy atom. The fourth-order valence-corrected chi connectivity index (χ4v) is 1.49. The molecule has 0 radical (unpaired) electrons. The van der Waals surface area contributed by atoms with Gasteiger partial charge in [-0.3, -0.25) is 10.1 Å². The van der Waals surface area contributed by atoms with E-state index < -0.39 is 34.0 Å². The van der Waals surface area contributed by atoms with Crippen LogP contribution in [0.15, 0.2) is 12.1 Å². The maximum atomic E-state index is 13.4. The minimum atomic E-state index is -1.52. The summed E-state index contributed by atoms with van der Waals surface area (Å²) in [7, 11) is 0. The number of anilines is 1. The van der Waals surface area contributed by atoms with Crippen molar-refractivity contribution in [3.8, 4) is 0 Å². The third kappa shape index (κ3) is 3.38. The standard InChI is InChI=1S/C11H13FN2O5/c1-2-6(5-15)13-9-3-7(11(16)17)8(12)4-10(9)14(18)19/h3-4,6,13,15H,2,5H2,1H3,(H,16,17). The summed E-state index contributed by atoms with van der Waals surface area (Å²) >= 11 is 0. The van der Waals surface area contributed by atoms with Gasteiger partial charge in [0.25, 0.3) is 5.69 Å². The van der Waals surface area contributed by atoms with Crippen molar-refractivity contribution in [1.82, 2.24) is 0 Å². The first-order valence-corrected chi connectivity index (χ1v) is 5.49. The molecular formula is C11H13FN2O5. The van der Waals surface area contributed by atoms with Crippen molar-refractivity contribution in [2.75, 3.05) is 11.9 Å². The highest BCUT2D eigenvalue weighted by atomic mass is 19.1. The minimum absolute atomic E-state index is 0.135. The summed E-state index contributed by atoms with van der Waals surface area (Å²) in [6.45, 7) is 1.45. The zero-order valence-corrected chi connectivity index (χ0v) is 10.1. The number of rotatable bonds is 6. The van der Waals surface area contributed by atoms with Crippen LogP contribution in [0.4, 0.5) is 15.8 Å². The topological polar surface area (TPSA) is 113 Å². The van der Waals surface area contributed by atoms with E-state index in [9.17, 15) is 19.3 Å². The number of carboxylic acids is 1. The summed E-state index contributed by atoms with van der Waals surface area (Å²) in [4.78, 5) is 20.8. The third-order valence-electron chi connectivity index (χ3n) is 2.59. The lowest BCUT2D eigenvalue weighted by Gasteiger charge is -2.16. The molecule has 3 N–H and O–H groups in total. The maximum absolute atomic E-state index is 13.4. The molecule has 0 aromatic heterocycles. The SMILES string of the molecule is CCC(CO)Nc1cc(C(=O)O)c(F)cc1[N+](=O)[O-]. The van der Waals surface area contributed by atoms with E-state index in [1.165, 1.54) is 0 Å². The van der Waals surface area contributed by atoms with Gasteiger partial charge in [-0.1, -0.05) is 6.92 Å². The number of nitro groups is 1. The van der Waals surface area contributed by atoms with Gasteiger partial charge in [-0.25, -0.2) is 9.18 Å². The van der Waals surface area contributed by atoms with Crippen molar-refractivity contribution >= 4 is 17.3 Å². The van der Waals surface area contributed by atoms with Crippen LogP contribution in [0.5, 0.6) is 0 Å². The van der Waals surface area contributed by atoms with Gasteiger partial charge in [0, 0.05) is 6.04 Å². The molecule has 1 aromatic rings. The Balaban J connectivity index is 3.29. The molecule has 0 heterocycles. The normalized spacial score (nSPS) is 11.9. The predicted molar refractivity (Wildman–Crippen MR) is 64.8 cm³/mol. The lowest BCUT2D eigenvalue weighted by Crippen LogP contribution is -2.23. The van der Waals surface area contributed by atoms with Gasteiger partial charge in [0.1, 0.15) is 11.5 Å². The quantitative estimate of drug-likeness (QED) is 0.535. The second-order valence-corrected chi connectivity index (χ2v) is 3.84. The van der Waals surface area contributed by atoms with E-state index in [-0.39, 0.29) is 12.3 Å². The Labute approximate surface area is 107 Å². The van der Waals surface area contributed by atoms with Gasteiger partial charge in [0.05, 0.1) is 23.2 Å². The molecular weight excluding hydrogens is 259 g/mol. The lowest BCUT2D eigenvalue weighted by atomic mass is 10.1. The molecule has 0 bridgehead atoms. The number of nitro benzene ring substituents is 1. The Morgan fingerprint density at radius 3 is 2.63 bits per heavy atom. The molecule has 7 nitrogen and oxygen atoms in total. The molecule has 104 valence electrons. The van der Waals surface area contributed by atoms with Crippen LogP contribution < -0.4 is 5.32 Å². The van der Waals surface area contributed by atoms with Gasteiger partial charge in [-0.05, 0) is 12.5 Å². The van der Waals surface area contributed by atoms with Crippen LogP contribution in [0.1, 0.15) is 23.7 Å². The largest absolute Gasteiger partial charge is 0.478 e. The summed E-state index contributed by atoms with van der Waals surface area (Å²) in [6.07, 6.45) is 0.466. The van der Waals surface area contributed by atoms with Crippen LogP contribution in [-0.4, -0.2) is 33.8 Å². The average Bonchev–Trinajstić information content (AvgIpc) is 2.36. The number of hydrogen-bond acceptors (Lipinski definition) is 5. The molecule has 1 rings (SSSR count). The highest BCUT2D eigenvalue weighted by molar-refractivity contribution is 5.90. The summed E-state index contributed by atoms with van der Waals surface area (Å²) in [5, 5.41) is 31.2. The number of nitrogens with zero attached hydrogens (tertiary/aromatic N) is 1. The van der Waals surface area contributed by atoms with Crippen molar-refractivity contribution in [3.63, 3.8) is 0 Å². The summed E-state index contributed by atoms with van der Waals surface area (Å²) in [5.74, 6) is -2.70. The number of halogens is 1. The first kappa shape index (κ1) is 14.8. The molecule has 19 heavy (non-hydrogen) atoms. The highest BCUT2D eigenvalue weighted by Gasteiger charge is 2.22. The Hall–Kier alpha value is -2.22. The Morgan fingerprint density at radius 1 is 1.58 bits per heavy atom. The molecule has 0 saturated carbocycles. The second-order valence-electron chi connectivity index (χ2n) is 3.84. The van der Waals surface area contributed by atoms with Gasteiger partial charge < -0.3 is 15.5 Å².